The van der Waals surface area contributed by atoms with Crippen LogP contribution in [0.25, 0.3) is 0 Å². The number of nitrogens with zero attached hydrogens (tertiary/aromatic N) is 2. The van der Waals surface area contributed by atoms with Gasteiger partial charge >= 0.3 is 18.1 Å². The maximum Gasteiger partial charge on any atom is 0.490 e. The standard InChI is InChI=1S/C10H13N3O3.C2HF3O2/c1-3-11-10(15)8-4-5-13(12-6-8)7-9(14)16-2;3-2(4,5)1(6)7/h4-6H,3,7H2,1-2H3;(H,6,7)/p+1. The van der Waals surface area contributed by atoms with E-state index >= 15 is 0 Å². The van der Waals surface area contributed by atoms with Crippen molar-refractivity contribution >= 4 is 17.8 Å². The lowest BCUT2D eigenvalue weighted by Crippen LogP contribution is -2.42. The van der Waals surface area contributed by atoms with Crippen LogP contribution in [0, 0.1) is 0 Å². The Kier molecular flexibility index (Phi) is 8.23. The van der Waals surface area contributed by atoms with E-state index in [2.05, 4.69) is 15.2 Å². The second-order valence-corrected chi connectivity index (χ2v) is 3.85. The summed E-state index contributed by atoms with van der Waals surface area (Å²) in [5.41, 5.74) is 0.461. The third-order valence-electron chi connectivity index (χ3n) is 2.13. The van der Waals surface area contributed by atoms with E-state index < -0.39 is 12.1 Å². The van der Waals surface area contributed by atoms with Crippen LogP contribution in [-0.4, -0.2) is 47.9 Å². The third-order valence-corrected chi connectivity index (χ3v) is 2.13. The highest BCUT2D eigenvalue weighted by molar-refractivity contribution is 5.93. The van der Waals surface area contributed by atoms with Gasteiger partial charge in [-0.25, -0.2) is 9.59 Å². The minimum atomic E-state index is -5.08. The molecule has 11 heteroatoms. The quantitative estimate of drug-likeness (QED) is 0.587. The van der Waals surface area contributed by atoms with Gasteiger partial charge in [-0.05, 0) is 12.0 Å². The van der Waals surface area contributed by atoms with Crippen molar-refractivity contribution < 1.29 is 42.1 Å². The number of amides is 1. The van der Waals surface area contributed by atoms with Crippen LogP contribution in [0.3, 0.4) is 0 Å². The Morgan fingerprint density at radius 1 is 1.39 bits per heavy atom. The van der Waals surface area contributed by atoms with E-state index in [1.54, 1.807) is 12.3 Å². The molecule has 0 bridgehead atoms. The molecule has 1 aromatic rings. The minimum Gasteiger partial charge on any atom is -0.475 e. The van der Waals surface area contributed by atoms with Crippen molar-refractivity contribution in [1.82, 2.24) is 10.4 Å². The van der Waals surface area contributed by atoms with Crippen LogP contribution in [-0.2, 0) is 20.9 Å². The first-order valence-electron chi connectivity index (χ1n) is 6.12. The summed E-state index contributed by atoms with van der Waals surface area (Å²) in [4.78, 5) is 31.2. The van der Waals surface area contributed by atoms with Gasteiger partial charge in [0.2, 0.25) is 0 Å². The fourth-order valence-corrected chi connectivity index (χ4v) is 1.07. The van der Waals surface area contributed by atoms with E-state index in [1.165, 1.54) is 18.0 Å². The summed E-state index contributed by atoms with van der Waals surface area (Å²) >= 11 is 0. The van der Waals surface area contributed by atoms with Crippen molar-refractivity contribution in [3.8, 4) is 0 Å². The van der Waals surface area contributed by atoms with Gasteiger partial charge in [0.15, 0.2) is 6.20 Å². The van der Waals surface area contributed by atoms with E-state index in [1.807, 2.05) is 6.92 Å². The van der Waals surface area contributed by atoms with Crippen molar-refractivity contribution in [3.05, 3.63) is 24.0 Å². The van der Waals surface area contributed by atoms with E-state index in [0.29, 0.717) is 12.1 Å². The maximum atomic E-state index is 11.4. The molecule has 23 heavy (non-hydrogen) atoms. The Balaban J connectivity index is 0.000000585. The smallest absolute Gasteiger partial charge is 0.475 e. The maximum absolute atomic E-state index is 11.4. The van der Waals surface area contributed by atoms with Crippen molar-refractivity contribution in [2.75, 3.05) is 13.7 Å². The second kappa shape index (κ2) is 9.33. The van der Waals surface area contributed by atoms with Crippen LogP contribution in [0.4, 0.5) is 13.2 Å². The van der Waals surface area contributed by atoms with Crippen LogP contribution in [0.5, 0.6) is 0 Å². The Bertz CT molecular complexity index is 546. The molecular weight excluding hydrogens is 323 g/mol. The highest BCUT2D eigenvalue weighted by Crippen LogP contribution is 2.13. The predicted octanol–water partition coefficient (Wildman–Crippen LogP) is -0.0749. The molecule has 0 aliphatic heterocycles. The number of esters is 1. The van der Waals surface area contributed by atoms with Crippen LogP contribution in [0.2, 0.25) is 0 Å². The number of aromatic nitrogens is 2. The number of ether oxygens (including phenoxy) is 1. The van der Waals surface area contributed by atoms with E-state index in [9.17, 15) is 22.8 Å². The molecule has 0 unspecified atom stereocenters. The van der Waals surface area contributed by atoms with Crippen molar-refractivity contribution in [2.45, 2.75) is 19.6 Å². The lowest BCUT2D eigenvalue weighted by Gasteiger charge is -1.99. The molecule has 1 aromatic heterocycles. The zero-order valence-corrected chi connectivity index (χ0v) is 12.3. The molecule has 0 atom stereocenters. The van der Waals surface area contributed by atoms with E-state index in [0.717, 1.165) is 0 Å². The molecule has 0 radical (unpaired) electrons. The summed E-state index contributed by atoms with van der Waals surface area (Å²) in [6.45, 7) is 2.44. The molecule has 128 valence electrons. The first-order valence-corrected chi connectivity index (χ1v) is 6.12. The molecule has 2 N–H and O–H groups in total. The number of carboxylic acid groups (broad SMARTS) is 1. The van der Waals surface area contributed by atoms with Crippen LogP contribution in [0.15, 0.2) is 18.5 Å². The van der Waals surface area contributed by atoms with Gasteiger partial charge in [-0.3, -0.25) is 4.79 Å². The number of hydrogen-bond acceptors (Lipinski definition) is 5. The monoisotopic (exact) mass is 338 g/mol. The molecule has 1 heterocycles. The Morgan fingerprint density at radius 3 is 2.30 bits per heavy atom. The van der Waals surface area contributed by atoms with E-state index in [4.69, 9.17) is 9.90 Å². The van der Waals surface area contributed by atoms with Gasteiger partial charge < -0.3 is 15.2 Å². The summed E-state index contributed by atoms with van der Waals surface area (Å²) in [6, 6.07) is 1.60. The summed E-state index contributed by atoms with van der Waals surface area (Å²) in [7, 11) is 1.31. The largest absolute Gasteiger partial charge is 0.490 e. The Hall–Kier alpha value is -2.72. The summed E-state index contributed by atoms with van der Waals surface area (Å²) in [5.74, 6) is -3.32. The highest BCUT2D eigenvalue weighted by atomic mass is 19.4. The topological polar surface area (TPSA) is 109 Å². The molecule has 1 rings (SSSR count). The molecule has 0 aliphatic carbocycles. The molecule has 0 fully saturated rings. The van der Waals surface area contributed by atoms with Gasteiger partial charge in [-0.2, -0.15) is 13.2 Å². The van der Waals surface area contributed by atoms with Crippen molar-refractivity contribution in [1.29, 1.82) is 0 Å². The van der Waals surface area contributed by atoms with Crippen molar-refractivity contribution in [2.24, 2.45) is 0 Å². The SMILES string of the molecule is CCNC(=O)c1cc[n+](CC(=O)OC)nc1.O=C(O)C(F)(F)F. The number of alkyl halides is 3. The molecule has 0 aromatic carbocycles. The fraction of sp³-hybridized carbons (Fsp3) is 0.417. The number of aliphatic carboxylic acids is 1. The van der Waals surface area contributed by atoms with Crippen LogP contribution in [0.1, 0.15) is 17.3 Å². The normalized spacial score (nSPS) is 10.1. The Morgan fingerprint density at radius 2 is 1.96 bits per heavy atom. The van der Waals surface area contributed by atoms with Gasteiger partial charge in [0.05, 0.1) is 12.7 Å². The number of carboxylic acids is 1. The number of rotatable bonds is 4. The molecule has 0 spiro atoms. The number of hydrogen-bond donors (Lipinski definition) is 2. The van der Waals surface area contributed by atoms with Gasteiger partial charge in [-0.1, -0.05) is 4.68 Å². The lowest BCUT2D eigenvalue weighted by atomic mass is 10.3. The zero-order valence-electron chi connectivity index (χ0n) is 12.3. The molecule has 0 saturated heterocycles. The second-order valence-electron chi connectivity index (χ2n) is 3.85. The van der Waals surface area contributed by atoms with Gasteiger partial charge in [0.25, 0.3) is 12.5 Å². The highest BCUT2D eigenvalue weighted by Gasteiger charge is 2.38. The van der Waals surface area contributed by atoms with Crippen LogP contribution < -0.4 is 10.00 Å². The summed E-state index contributed by atoms with van der Waals surface area (Å²) < 4.78 is 37.6. The molecule has 0 saturated carbocycles. The number of halogens is 3. The Labute approximate surface area is 128 Å². The van der Waals surface area contributed by atoms with Crippen LogP contribution >= 0.6 is 0 Å². The third kappa shape index (κ3) is 8.34. The van der Waals surface area contributed by atoms with Crippen molar-refractivity contribution in [3.63, 3.8) is 0 Å². The number of carbonyl (C=O) groups is 3. The van der Waals surface area contributed by atoms with Gasteiger partial charge in [0, 0.05) is 12.6 Å². The first kappa shape index (κ1) is 20.3. The fourth-order valence-electron chi connectivity index (χ4n) is 1.07. The molecule has 8 nitrogen and oxygen atoms in total. The number of nitrogens with one attached hydrogen (secondary N) is 1. The minimum absolute atomic E-state index is 0.0339. The number of methoxy groups -OCH3 is 1. The molecule has 1 amide bonds. The molecular formula is C12H15F3N3O5+. The molecule has 0 aliphatic rings. The lowest BCUT2D eigenvalue weighted by molar-refractivity contribution is -0.743. The zero-order chi connectivity index (χ0) is 18.0. The van der Waals surface area contributed by atoms with Gasteiger partial charge in [-0.15, -0.1) is 0 Å². The van der Waals surface area contributed by atoms with Gasteiger partial charge in [0.1, 0.15) is 6.20 Å². The number of carbonyl (C=O) groups excluding carboxylic acids is 2. The average molecular weight is 338 g/mol. The average Bonchev–Trinajstić information content (AvgIpc) is 2.47. The van der Waals surface area contributed by atoms with E-state index in [-0.39, 0.29) is 18.4 Å². The summed E-state index contributed by atoms with van der Waals surface area (Å²) in [5, 5.41) is 13.7. The predicted molar refractivity (Wildman–Crippen MR) is 68.1 cm³/mol. The summed E-state index contributed by atoms with van der Waals surface area (Å²) in [6.07, 6.45) is -2.12. The first-order chi connectivity index (χ1) is 10.6.